The number of benzene rings is 1. The van der Waals surface area contributed by atoms with Crippen LogP contribution in [0.1, 0.15) is 23.4 Å². The Bertz CT molecular complexity index is 883. The quantitative estimate of drug-likeness (QED) is 0.645. The molecule has 2 aliphatic rings. The molecule has 1 N–H and O–H groups in total. The van der Waals surface area contributed by atoms with Crippen molar-refractivity contribution in [2.45, 2.75) is 18.5 Å². The van der Waals surface area contributed by atoms with Crippen LogP contribution in [0.15, 0.2) is 47.8 Å². The molecule has 2 aromatic rings. The van der Waals surface area contributed by atoms with E-state index in [0.29, 0.717) is 5.56 Å². The van der Waals surface area contributed by atoms with Crippen LogP contribution in [0.2, 0.25) is 0 Å². The number of thiophene rings is 1. The van der Waals surface area contributed by atoms with Crippen LogP contribution < -0.4 is 5.32 Å². The molecular weight excluding hydrogens is 364 g/mol. The number of imide groups is 1. The van der Waals surface area contributed by atoms with Crippen LogP contribution >= 0.6 is 11.3 Å². The number of esters is 1. The van der Waals surface area contributed by atoms with Gasteiger partial charge in [-0.2, -0.15) is 0 Å². The van der Waals surface area contributed by atoms with Crippen LogP contribution in [-0.4, -0.2) is 36.3 Å². The number of ether oxygens (including phenoxy) is 1. The van der Waals surface area contributed by atoms with E-state index >= 15 is 0 Å². The highest BCUT2D eigenvalue weighted by Crippen LogP contribution is 2.53. The van der Waals surface area contributed by atoms with Crippen LogP contribution in [-0.2, 0) is 24.7 Å². The second-order valence-corrected chi connectivity index (χ2v) is 7.75. The van der Waals surface area contributed by atoms with Gasteiger partial charge in [0, 0.05) is 11.9 Å². The third kappa shape index (κ3) is 2.45. The predicted molar refractivity (Wildman–Crippen MR) is 99.7 cm³/mol. The molecule has 1 aromatic carbocycles. The van der Waals surface area contributed by atoms with Gasteiger partial charge in [0.15, 0.2) is 5.54 Å². The Balaban J connectivity index is 1.93. The maximum Gasteiger partial charge on any atom is 0.331 e. The summed E-state index contributed by atoms with van der Waals surface area (Å²) in [4.78, 5) is 41.3. The molecular formula is C20H20N2O4S. The first-order chi connectivity index (χ1) is 13.0. The molecule has 4 rings (SSSR count). The molecule has 27 heavy (non-hydrogen) atoms. The van der Waals surface area contributed by atoms with Gasteiger partial charge in [0.2, 0.25) is 11.8 Å². The number of rotatable bonds is 4. The number of fused-ring (bicyclic) bond motifs is 1. The maximum absolute atomic E-state index is 13.2. The molecule has 2 amide bonds. The van der Waals surface area contributed by atoms with Crippen LogP contribution in [0.4, 0.5) is 0 Å². The molecule has 6 nitrogen and oxygen atoms in total. The highest BCUT2D eigenvalue weighted by Gasteiger charge is 2.69. The van der Waals surface area contributed by atoms with Gasteiger partial charge in [0.1, 0.15) is 0 Å². The fourth-order valence-corrected chi connectivity index (χ4v) is 5.10. The van der Waals surface area contributed by atoms with Gasteiger partial charge < -0.3 is 4.74 Å². The lowest BCUT2D eigenvalue weighted by molar-refractivity contribution is -0.156. The summed E-state index contributed by atoms with van der Waals surface area (Å²) in [5.41, 5.74) is -0.761. The SMILES string of the molecule is CCOC(=O)[C@]1(c2ccccc2)N[C@H](c2cccs2)[C@@H]2C(=O)N(C)C(=O)[C@@H]21. The fourth-order valence-electron chi connectivity index (χ4n) is 4.28. The van der Waals surface area contributed by atoms with Gasteiger partial charge in [-0.1, -0.05) is 36.4 Å². The minimum Gasteiger partial charge on any atom is -0.464 e. The Kier molecular flexibility index (Phi) is 4.36. The zero-order valence-electron chi connectivity index (χ0n) is 15.0. The number of hydrogen-bond acceptors (Lipinski definition) is 6. The van der Waals surface area contributed by atoms with Crippen LogP contribution in [0, 0.1) is 11.8 Å². The number of carbonyl (C=O) groups is 3. The summed E-state index contributed by atoms with van der Waals surface area (Å²) in [6.45, 7) is 1.92. The van der Waals surface area contributed by atoms with E-state index < -0.39 is 29.4 Å². The van der Waals surface area contributed by atoms with Gasteiger partial charge in [0.05, 0.1) is 24.5 Å². The number of amides is 2. The Hall–Kier alpha value is -2.51. The predicted octanol–water partition coefficient (Wildman–Crippen LogP) is 2.08. The molecule has 4 atom stereocenters. The van der Waals surface area contributed by atoms with Crippen LogP contribution in [0.25, 0.3) is 0 Å². The summed E-state index contributed by atoms with van der Waals surface area (Å²) < 4.78 is 5.40. The van der Waals surface area contributed by atoms with Gasteiger partial charge >= 0.3 is 5.97 Å². The summed E-state index contributed by atoms with van der Waals surface area (Å²) in [7, 11) is 1.48. The van der Waals surface area contributed by atoms with Gasteiger partial charge in [-0.15, -0.1) is 11.3 Å². The molecule has 0 aliphatic carbocycles. The lowest BCUT2D eigenvalue weighted by Gasteiger charge is -2.32. The van der Waals surface area contributed by atoms with Crippen molar-refractivity contribution in [2.24, 2.45) is 11.8 Å². The standard InChI is InChI=1S/C20H20N2O4S/c1-3-26-19(25)20(12-8-5-4-6-9-12)15-14(17(23)22(2)18(15)24)16(21-20)13-10-7-11-27-13/h4-11,14-16,21H,3H2,1-2H3/t14-,15-,16-,20-/m1/s1. The number of nitrogens with one attached hydrogen (secondary N) is 1. The van der Waals surface area contributed by atoms with Crippen molar-refractivity contribution < 1.29 is 19.1 Å². The third-order valence-corrected chi connectivity index (χ3v) is 6.41. The van der Waals surface area contributed by atoms with Gasteiger partial charge in [0.25, 0.3) is 0 Å². The zero-order chi connectivity index (χ0) is 19.2. The zero-order valence-corrected chi connectivity index (χ0v) is 15.9. The molecule has 2 saturated heterocycles. The molecule has 0 radical (unpaired) electrons. The molecule has 7 heteroatoms. The van der Waals surface area contributed by atoms with Crippen molar-refractivity contribution in [1.29, 1.82) is 0 Å². The monoisotopic (exact) mass is 384 g/mol. The van der Waals surface area contributed by atoms with E-state index in [4.69, 9.17) is 4.74 Å². The van der Waals surface area contributed by atoms with E-state index in [0.717, 1.165) is 9.78 Å². The molecule has 140 valence electrons. The smallest absolute Gasteiger partial charge is 0.331 e. The molecule has 2 aliphatic heterocycles. The van der Waals surface area contributed by atoms with Crippen molar-refractivity contribution in [1.82, 2.24) is 10.2 Å². The minimum absolute atomic E-state index is 0.189. The average molecular weight is 384 g/mol. The summed E-state index contributed by atoms with van der Waals surface area (Å²) in [5.74, 6) is -2.64. The van der Waals surface area contributed by atoms with Crippen LogP contribution in [0.3, 0.4) is 0 Å². The highest BCUT2D eigenvalue weighted by molar-refractivity contribution is 7.10. The van der Waals surface area contributed by atoms with Crippen molar-refractivity contribution in [2.75, 3.05) is 13.7 Å². The van der Waals surface area contributed by atoms with Gasteiger partial charge in [-0.05, 0) is 23.9 Å². The number of carbonyl (C=O) groups excluding carboxylic acids is 3. The summed E-state index contributed by atoms with van der Waals surface area (Å²) in [5, 5.41) is 5.28. The summed E-state index contributed by atoms with van der Waals surface area (Å²) in [6.07, 6.45) is 0. The Morgan fingerprint density at radius 1 is 1.19 bits per heavy atom. The lowest BCUT2D eigenvalue weighted by atomic mass is 9.75. The Labute approximate surface area is 161 Å². The molecule has 2 fully saturated rings. The highest BCUT2D eigenvalue weighted by atomic mass is 32.1. The van der Waals surface area contributed by atoms with E-state index in [1.807, 2.05) is 35.7 Å². The molecule has 0 unspecified atom stereocenters. The maximum atomic E-state index is 13.2. The Morgan fingerprint density at radius 3 is 2.56 bits per heavy atom. The second kappa shape index (κ2) is 6.58. The van der Waals surface area contributed by atoms with Crippen LogP contribution in [0.5, 0.6) is 0 Å². The number of hydrogen-bond donors (Lipinski definition) is 1. The lowest BCUT2D eigenvalue weighted by Crippen LogP contribution is -2.53. The van der Waals surface area contributed by atoms with E-state index in [1.54, 1.807) is 19.1 Å². The minimum atomic E-state index is -1.39. The summed E-state index contributed by atoms with van der Waals surface area (Å²) >= 11 is 1.50. The van der Waals surface area contributed by atoms with E-state index in [2.05, 4.69) is 5.32 Å². The van der Waals surface area contributed by atoms with Gasteiger partial charge in [-0.3, -0.25) is 19.8 Å². The van der Waals surface area contributed by atoms with Crippen molar-refractivity contribution in [3.8, 4) is 0 Å². The first-order valence-corrected chi connectivity index (χ1v) is 9.75. The fraction of sp³-hybridized carbons (Fsp3) is 0.350. The molecule has 0 bridgehead atoms. The molecule has 0 spiro atoms. The second-order valence-electron chi connectivity index (χ2n) is 6.77. The first-order valence-electron chi connectivity index (χ1n) is 8.87. The van der Waals surface area contributed by atoms with Crippen molar-refractivity contribution >= 4 is 29.1 Å². The molecule has 1 aromatic heterocycles. The topological polar surface area (TPSA) is 75.7 Å². The van der Waals surface area contributed by atoms with E-state index in [1.165, 1.54) is 18.4 Å². The number of nitrogens with zero attached hydrogens (tertiary/aromatic N) is 1. The van der Waals surface area contributed by atoms with E-state index in [-0.39, 0.29) is 18.4 Å². The number of likely N-dealkylation sites (tertiary alicyclic amines) is 1. The summed E-state index contributed by atoms with van der Waals surface area (Å²) in [6, 6.07) is 12.5. The average Bonchev–Trinajstić information content (AvgIpc) is 3.37. The normalized spacial score (nSPS) is 29.9. The third-order valence-electron chi connectivity index (χ3n) is 5.46. The van der Waals surface area contributed by atoms with Gasteiger partial charge in [-0.25, -0.2) is 4.79 Å². The molecule has 3 heterocycles. The first kappa shape index (κ1) is 17.9. The largest absolute Gasteiger partial charge is 0.464 e. The van der Waals surface area contributed by atoms with E-state index in [9.17, 15) is 14.4 Å². The van der Waals surface area contributed by atoms with Crippen molar-refractivity contribution in [3.63, 3.8) is 0 Å². The molecule has 0 saturated carbocycles. The van der Waals surface area contributed by atoms with Crippen molar-refractivity contribution in [3.05, 3.63) is 58.3 Å². The Morgan fingerprint density at radius 2 is 1.93 bits per heavy atom.